The smallest absolute Gasteiger partial charge is 0.462 e. The highest BCUT2D eigenvalue weighted by atomic mass is 31.2. The Hall–Kier alpha value is -2.46. The first-order valence-electron chi connectivity index (χ1n) is 42.5. The van der Waals surface area contributed by atoms with Crippen molar-refractivity contribution < 1.29 is 80.2 Å². The molecule has 2 unspecified atom stereocenters. The standard InChI is InChI=1S/C83H158O17P2/c1-6-9-12-15-18-21-23-25-27-28-29-30-31-35-40-44-49-54-59-64-69-83(88)100-79(73-94-81(86)67-62-57-52-47-42-38-36-32-34-37-41-46-50-55-60-65-76(4)5)75-98-102(91,92)96-71-77(84)70-95-101(89,90)97-74-78(72-93-80(85)66-61-56-51-45-20-17-14-11-8-3)99-82(87)68-63-58-53-48-43-39-33-26-24-22-19-16-13-10-7-2/h22,24,26,33,76-79,84H,6-21,23,25,27-32,34-75H2,1-5H3,(H,89,90)(H,91,92)/b24-22-,33-26-/t77-,78+,79+/m0/s1. The van der Waals surface area contributed by atoms with Crippen molar-refractivity contribution in [3.8, 4) is 0 Å². The molecule has 0 saturated carbocycles. The molecule has 102 heavy (non-hydrogen) atoms. The quantitative estimate of drug-likeness (QED) is 0.0169. The topological polar surface area (TPSA) is 237 Å². The maximum Gasteiger partial charge on any atom is 0.472 e. The molecule has 0 amide bonds. The molecule has 0 bridgehead atoms. The molecule has 0 rings (SSSR count). The van der Waals surface area contributed by atoms with Crippen LogP contribution in [0.5, 0.6) is 0 Å². The van der Waals surface area contributed by atoms with E-state index in [1.54, 1.807) is 0 Å². The molecule has 0 radical (unpaired) electrons. The number of aliphatic hydroxyl groups excluding tert-OH is 1. The van der Waals surface area contributed by atoms with Crippen molar-refractivity contribution in [1.29, 1.82) is 0 Å². The van der Waals surface area contributed by atoms with Gasteiger partial charge in [-0.1, -0.05) is 367 Å². The fourth-order valence-electron chi connectivity index (χ4n) is 12.4. The van der Waals surface area contributed by atoms with Crippen LogP contribution in [0.2, 0.25) is 0 Å². The normalized spacial score (nSPS) is 14.0. The molecule has 0 spiro atoms. The van der Waals surface area contributed by atoms with E-state index in [0.717, 1.165) is 109 Å². The lowest BCUT2D eigenvalue weighted by Crippen LogP contribution is -2.30. The Bertz CT molecular complexity index is 2040. The van der Waals surface area contributed by atoms with Gasteiger partial charge in [-0.15, -0.1) is 0 Å². The summed E-state index contributed by atoms with van der Waals surface area (Å²) < 4.78 is 68.7. The molecule has 17 nitrogen and oxygen atoms in total. The molecule has 0 aromatic heterocycles. The van der Waals surface area contributed by atoms with Crippen molar-refractivity contribution in [3.05, 3.63) is 24.3 Å². The van der Waals surface area contributed by atoms with E-state index in [1.807, 2.05) is 0 Å². The monoisotopic (exact) mass is 1490 g/mol. The van der Waals surface area contributed by atoms with Gasteiger partial charge in [-0.2, -0.15) is 0 Å². The third-order valence-corrected chi connectivity index (χ3v) is 20.8. The maximum atomic E-state index is 13.1. The lowest BCUT2D eigenvalue weighted by atomic mass is 10.0. The Labute approximate surface area is 624 Å². The van der Waals surface area contributed by atoms with Gasteiger partial charge < -0.3 is 33.8 Å². The van der Waals surface area contributed by atoms with Crippen LogP contribution in [0.15, 0.2) is 24.3 Å². The number of phosphoric acid groups is 2. The largest absolute Gasteiger partial charge is 0.472 e. The first-order valence-corrected chi connectivity index (χ1v) is 45.4. The number of ether oxygens (including phenoxy) is 4. The van der Waals surface area contributed by atoms with Gasteiger partial charge in [-0.3, -0.25) is 37.3 Å². The van der Waals surface area contributed by atoms with Crippen LogP contribution in [0, 0.1) is 5.92 Å². The predicted octanol–water partition coefficient (Wildman–Crippen LogP) is 24.8. The van der Waals surface area contributed by atoms with Crippen molar-refractivity contribution in [1.82, 2.24) is 0 Å². The van der Waals surface area contributed by atoms with E-state index in [9.17, 15) is 43.2 Å². The van der Waals surface area contributed by atoms with E-state index in [0.29, 0.717) is 25.7 Å². The van der Waals surface area contributed by atoms with Crippen LogP contribution in [-0.4, -0.2) is 96.7 Å². The average Bonchev–Trinajstić information content (AvgIpc) is 0.934. The van der Waals surface area contributed by atoms with Gasteiger partial charge in [0.25, 0.3) is 0 Å². The Balaban J connectivity index is 5.24. The van der Waals surface area contributed by atoms with E-state index in [1.165, 1.54) is 231 Å². The fourth-order valence-corrected chi connectivity index (χ4v) is 14.0. The minimum absolute atomic E-state index is 0.0854. The molecule has 0 aliphatic rings. The van der Waals surface area contributed by atoms with Crippen molar-refractivity contribution >= 4 is 39.5 Å². The Morgan fingerprint density at radius 1 is 0.304 bits per heavy atom. The summed E-state index contributed by atoms with van der Waals surface area (Å²) in [5.74, 6) is -1.33. The Morgan fingerprint density at radius 2 is 0.529 bits per heavy atom. The number of hydrogen-bond acceptors (Lipinski definition) is 15. The van der Waals surface area contributed by atoms with E-state index >= 15 is 0 Å². The van der Waals surface area contributed by atoms with Crippen molar-refractivity contribution in [2.24, 2.45) is 5.92 Å². The Morgan fingerprint density at radius 3 is 0.804 bits per heavy atom. The number of phosphoric ester groups is 2. The zero-order valence-corrected chi connectivity index (χ0v) is 68.0. The molecule has 0 heterocycles. The van der Waals surface area contributed by atoms with Gasteiger partial charge in [0.1, 0.15) is 19.3 Å². The molecule has 0 aromatic carbocycles. The molecular weight excluding hydrogens is 1330 g/mol. The number of esters is 4. The molecule has 602 valence electrons. The van der Waals surface area contributed by atoms with Crippen molar-refractivity contribution in [2.45, 2.75) is 438 Å². The first-order chi connectivity index (χ1) is 49.5. The van der Waals surface area contributed by atoms with E-state index in [-0.39, 0.29) is 25.7 Å². The third-order valence-electron chi connectivity index (χ3n) is 18.9. The summed E-state index contributed by atoms with van der Waals surface area (Å²) in [6, 6.07) is 0. The number of hydrogen-bond donors (Lipinski definition) is 3. The molecule has 0 aromatic rings. The van der Waals surface area contributed by atoms with Gasteiger partial charge in [0, 0.05) is 25.7 Å². The van der Waals surface area contributed by atoms with Crippen LogP contribution >= 0.6 is 15.6 Å². The zero-order valence-electron chi connectivity index (χ0n) is 66.2. The number of carbonyl (C=O) groups excluding carboxylic acids is 4. The van der Waals surface area contributed by atoms with Crippen LogP contribution < -0.4 is 0 Å². The number of aliphatic hydroxyl groups is 1. The van der Waals surface area contributed by atoms with Crippen LogP contribution in [-0.2, 0) is 65.4 Å². The summed E-state index contributed by atoms with van der Waals surface area (Å²) in [7, 11) is -9.93. The highest BCUT2D eigenvalue weighted by Gasteiger charge is 2.30. The lowest BCUT2D eigenvalue weighted by molar-refractivity contribution is -0.161. The Kier molecular flexibility index (Phi) is 73.5. The highest BCUT2D eigenvalue weighted by Crippen LogP contribution is 2.45. The molecule has 0 fully saturated rings. The minimum Gasteiger partial charge on any atom is -0.462 e. The van der Waals surface area contributed by atoms with Gasteiger partial charge in [-0.25, -0.2) is 9.13 Å². The molecule has 5 atom stereocenters. The SMILES string of the molecule is CCCCCC/C=C\C=C/CCCCCCCC(=O)O[C@H](COC(=O)CCCCCCCCCCC)COP(=O)(O)OC[C@H](O)COP(=O)(O)OC[C@@H](COC(=O)CCCCCCCCCCCCCCCCCC(C)C)OC(=O)CCCCCCCCCCCCCCCCCCCCCC. The van der Waals surface area contributed by atoms with Crippen LogP contribution in [0.4, 0.5) is 0 Å². The summed E-state index contributed by atoms with van der Waals surface area (Å²) in [6.45, 7) is 7.28. The van der Waals surface area contributed by atoms with Gasteiger partial charge in [0.15, 0.2) is 12.2 Å². The first kappa shape index (κ1) is 99.5. The predicted molar refractivity (Wildman–Crippen MR) is 418 cm³/mol. The van der Waals surface area contributed by atoms with Gasteiger partial charge in [-0.05, 0) is 57.3 Å². The number of carbonyl (C=O) groups is 4. The molecule has 0 saturated heterocycles. The average molecular weight is 1490 g/mol. The maximum absolute atomic E-state index is 13.1. The third kappa shape index (κ3) is 75.8. The van der Waals surface area contributed by atoms with Crippen LogP contribution in [0.25, 0.3) is 0 Å². The fraction of sp³-hybridized carbons (Fsp3) is 0.904. The molecule has 0 aliphatic carbocycles. The zero-order chi connectivity index (χ0) is 74.8. The van der Waals surface area contributed by atoms with E-state index in [2.05, 4.69) is 58.9 Å². The minimum atomic E-state index is -4.97. The van der Waals surface area contributed by atoms with Gasteiger partial charge in [0.05, 0.1) is 26.4 Å². The summed E-state index contributed by atoms with van der Waals surface area (Å²) in [6.07, 6.45) is 70.2. The second-order valence-corrected chi connectivity index (χ2v) is 32.6. The van der Waals surface area contributed by atoms with Gasteiger partial charge in [0.2, 0.25) is 0 Å². The second-order valence-electron chi connectivity index (χ2n) is 29.7. The number of rotatable bonds is 81. The summed E-state index contributed by atoms with van der Waals surface area (Å²) in [5, 5.41) is 10.6. The summed E-state index contributed by atoms with van der Waals surface area (Å²) in [5.41, 5.74) is 0. The number of unbranched alkanes of at least 4 members (excludes halogenated alkanes) is 50. The highest BCUT2D eigenvalue weighted by molar-refractivity contribution is 7.47. The van der Waals surface area contributed by atoms with Gasteiger partial charge >= 0.3 is 39.5 Å². The molecule has 3 N–H and O–H groups in total. The van der Waals surface area contributed by atoms with Crippen LogP contribution in [0.1, 0.15) is 420 Å². The number of allylic oxidation sites excluding steroid dienone is 4. The summed E-state index contributed by atoms with van der Waals surface area (Å²) >= 11 is 0. The van der Waals surface area contributed by atoms with Crippen molar-refractivity contribution in [2.75, 3.05) is 39.6 Å². The lowest BCUT2D eigenvalue weighted by Gasteiger charge is -2.21. The summed E-state index contributed by atoms with van der Waals surface area (Å²) in [4.78, 5) is 73.0. The molecular formula is C83H158O17P2. The van der Waals surface area contributed by atoms with Crippen molar-refractivity contribution in [3.63, 3.8) is 0 Å². The van der Waals surface area contributed by atoms with E-state index in [4.69, 9.17) is 37.0 Å². The molecule has 0 aliphatic heterocycles. The second kappa shape index (κ2) is 75.4. The molecule has 19 heteroatoms. The van der Waals surface area contributed by atoms with Crippen LogP contribution in [0.3, 0.4) is 0 Å². The van der Waals surface area contributed by atoms with E-state index < -0.39 is 97.5 Å².